The third-order valence-electron chi connectivity index (χ3n) is 3.63. The first kappa shape index (κ1) is 8.58. The first-order valence-corrected chi connectivity index (χ1v) is 5.07. The van der Waals surface area contributed by atoms with Gasteiger partial charge in [0, 0.05) is 0 Å². The van der Waals surface area contributed by atoms with Crippen LogP contribution in [0.4, 0.5) is 0 Å². The summed E-state index contributed by atoms with van der Waals surface area (Å²) in [5.41, 5.74) is 0.637. The minimum absolute atomic E-state index is 0.226. The molecule has 2 aliphatic rings. The minimum atomic E-state index is -0.226. The van der Waals surface area contributed by atoms with E-state index in [1.807, 2.05) is 6.82 Å². The van der Waals surface area contributed by atoms with E-state index in [1.165, 1.54) is 19.3 Å². The van der Waals surface area contributed by atoms with Gasteiger partial charge in [0.15, 0.2) is 0 Å². The summed E-state index contributed by atoms with van der Waals surface area (Å²) in [6.45, 7) is 6.42. The van der Waals surface area contributed by atoms with Crippen molar-refractivity contribution in [1.29, 1.82) is 0 Å². The molecule has 0 aromatic rings. The van der Waals surface area contributed by atoms with Crippen molar-refractivity contribution in [2.24, 2.45) is 11.3 Å². The third-order valence-corrected chi connectivity index (χ3v) is 3.63. The van der Waals surface area contributed by atoms with Gasteiger partial charge in [0.1, 0.15) is 0 Å². The lowest BCUT2D eigenvalue weighted by Crippen LogP contribution is -2.65. The quantitative estimate of drug-likeness (QED) is 0.625. The highest BCUT2D eigenvalue weighted by molar-refractivity contribution is 6.45. The summed E-state index contributed by atoms with van der Waals surface area (Å²) >= 11 is 0. The molecule has 1 spiro atoms. The number of nitrogens with zero attached hydrogens (tertiary/aromatic N) is 1. The number of hydrogen-bond acceptors (Lipinski definition) is 2. The molecule has 0 bridgehead atoms. The lowest BCUT2D eigenvalue weighted by molar-refractivity contribution is -0.0620. The summed E-state index contributed by atoms with van der Waals surface area (Å²) in [5, 5.41) is 9.27. The van der Waals surface area contributed by atoms with E-state index in [9.17, 15) is 5.02 Å². The standard InChI is InChI=1S/C9H18BNO/c1-3-8-4-9(5-8)6-11(7-9)10(2)12/h8,12H,3-7H2,1-2H3. The van der Waals surface area contributed by atoms with E-state index in [0.717, 1.165) is 19.0 Å². The van der Waals surface area contributed by atoms with Crippen molar-refractivity contribution < 1.29 is 5.02 Å². The topological polar surface area (TPSA) is 23.5 Å². The molecule has 0 unspecified atom stereocenters. The highest BCUT2D eigenvalue weighted by Crippen LogP contribution is 2.52. The fourth-order valence-corrected chi connectivity index (χ4v) is 2.79. The zero-order valence-corrected chi connectivity index (χ0v) is 8.08. The Morgan fingerprint density at radius 1 is 1.50 bits per heavy atom. The molecule has 1 heterocycles. The van der Waals surface area contributed by atoms with E-state index in [0.29, 0.717) is 5.41 Å². The molecule has 1 N–H and O–H groups in total. The molecule has 1 aliphatic heterocycles. The maximum Gasteiger partial charge on any atom is 0.376 e. The van der Waals surface area contributed by atoms with E-state index in [2.05, 4.69) is 11.7 Å². The van der Waals surface area contributed by atoms with Crippen LogP contribution in [0.15, 0.2) is 0 Å². The summed E-state index contributed by atoms with van der Waals surface area (Å²) in [7, 11) is -0.226. The second kappa shape index (κ2) is 2.74. The lowest BCUT2D eigenvalue weighted by Gasteiger charge is -2.60. The van der Waals surface area contributed by atoms with E-state index in [4.69, 9.17) is 0 Å². The molecule has 2 nitrogen and oxygen atoms in total. The van der Waals surface area contributed by atoms with Gasteiger partial charge in [0.2, 0.25) is 0 Å². The smallest absolute Gasteiger partial charge is 0.376 e. The summed E-state index contributed by atoms with van der Waals surface area (Å²) in [4.78, 5) is 2.16. The molecule has 0 radical (unpaired) electrons. The molecule has 0 atom stereocenters. The van der Waals surface area contributed by atoms with Crippen molar-refractivity contribution in [3.63, 3.8) is 0 Å². The molecule has 12 heavy (non-hydrogen) atoms. The fraction of sp³-hybridized carbons (Fsp3) is 1.00. The van der Waals surface area contributed by atoms with Gasteiger partial charge in [-0.3, -0.25) is 0 Å². The molecular formula is C9H18BNO. The zero-order chi connectivity index (χ0) is 8.77. The van der Waals surface area contributed by atoms with Crippen LogP contribution in [0.1, 0.15) is 26.2 Å². The van der Waals surface area contributed by atoms with Crippen LogP contribution in [0.25, 0.3) is 0 Å². The Kier molecular flexibility index (Phi) is 1.96. The SMILES string of the molecule is CCC1CC2(C1)CN(B(C)O)C2. The lowest BCUT2D eigenvalue weighted by atomic mass is 9.54. The van der Waals surface area contributed by atoms with Crippen molar-refractivity contribution in [2.45, 2.75) is 33.0 Å². The minimum Gasteiger partial charge on any atom is -0.437 e. The van der Waals surface area contributed by atoms with Crippen LogP contribution < -0.4 is 0 Å². The Balaban J connectivity index is 1.75. The molecule has 3 heteroatoms. The average Bonchev–Trinajstić information content (AvgIpc) is 1.81. The van der Waals surface area contributed by atoms with Gasteiger partial charge in [-0.05, 0) is 44.1 Å². The van der Waals surface area contributed by atoms with Gasteiger partial charge in [0.05, 0.1) is 0 Å². The summed E-state index contributed by atoms with van der Waals surface area (Å²) < 4.78 is 0. The summed E-state index contributed by atoms with van der Waals surface area (Å²) in [6.07, 6.45) is 4.16. The van der Waals surface area contributed by atoms with Crippen LogP contribution >= 0.6 is 0 Å². The monoisotopic (exact) mass is 167 g/mol. The molecule has 2 fully saturated rings. The van der Waals surface area contributed by atoms with E-state index in [1.54, 1.807) is 0 Å². The highest BCUT2D eigenvalue weighted by atomic mass is 16.2. The van der Waals surface area contributed by atoms with E-state index < -0.39 is 0 Å². The maximum atomic E-state index is 9.27. The Labute approximate surface area is 75.1 Å². The van der Waals surface area contributed by atoms with Gasteiger partial charge in [-0.25, -0.2) is 0 Å². The highest BCUT2D eigenvalue weighted by Gasteiger charge is 2.52. The van der Waals surface area contributed by atoms with Gasteiger partial charge in [0.25, 0.3) is 0 Å². The molecule has 0 amide bonds. The number of hydrogen-bond donors (Lipinski definition) is 1. The molecule has 0 aromatic carbocycles. The molecule has 1 aliphatic carbocycles. The van der Waals surface area contributed by atoms with Crippen LogP contribution in [-0.4, -0.2) is 30.0 Å². The largest absolute Gasteiger partial charge is 0.437 e. The predicted octanol–water partition coefficient (Wildman–Crippen LogP) is 1.22. The molecule has 1 saturated heterocycles. The second-order valence-corrected chi connectivity index (χ2v) is 4.72. The van der Waals surface area contributed by atoms with Crippen molar-refractivity contribution >= 4 is 7.05 Å². The van der Waals surface area contributed by atoms with Crippen LogP contribution in [-0.2, 0) is 0 Å². The van der Waals surface area contributed by atoms with Gasteiger partial charge >= 0.3 is 7.05 Å². The Morgan fingerprint density at radius 3 is 2.50 bits per heavy atom. The number of rotatable bonds is 2. The average molecular weight is 167 g/mol. The van der Waals surface area contributed by atoms with Crippen molar-refractivity contribution in [3.8, 4) is 0 Å². The molecule has 0 aromatic heterocycles. The first-order chi connectivity index (χ1) is 5.65. The summed E-state index contributed by atoms with van der Waals surface area (Å²) in [6, 6.07) is 0. The zero-order valence-electron chi connectivity index (χ0n) is 8.08. The Morgan fingerprint density at radius 2 is 2.08 bits per heavy atom. The maximum absolute atomic E-state index is 9.27. The van der Waals surface area contributed by atoms with Gasteiger partial charge < -0.3 is 9.83 Å². The van der Waals surface area contributed by atoms with Crippen molar-refractivity contribution in [2.75, 3.05) is 13.1 Å². The van der Waals surface area contributed by atoms with Crippen molar-refractivity contribution in [3.05, 3.63) is 0 Å². The summed E-state index contributed by atoms with van der Waals surface area (Å²) in [5.74, 6) is 0.987. The fourth-order valence-electron chi connectivity index (χ4n) is 2.79. The Hall–Kier alpha value is -0.0151. The molecule has 1 saturated carbocycles. The predicted molar refractivity (Wildman–Crippen MR) is 50.9 cm³/mol. The second-order valence-electron chi connectivity index (χ2n) is 4.72. The van der Waals surface area contributed by atoms with Crippen LogP contribution in [0.2, 0.25) is 6.82 Å². The van der Waals surface area contributed by atoms with Gasteiger partial charge in [-0.15, -0.1) is 0 Å². The molecule has 2 rings (SSSR count). The van der Waals surface area contributed by atoms with Crippen LogP contribution in [0.5, 0.6) is 0 Å². The normalized spacial score (nSPS) is 28.2. The van der Waals surface area contributed by atoms with Gasteiger partial charge in [-0.2, -0.15) is 0 Å². The van der Waals surface area contributed by atoms with Gasteiger partial charge in [-0.1, -0.05) is 13.3 Å². The van der Waals surface area contributed by atoms with Crippen LogP contribution in [0, 0.1) is 11.3 Å². The van der Waals surface area contributed by atoms with E-state index in [-0.39, 0.29) is 7.05 Å². The Bertz CT molecular complexity index is 169. The van der Waals surface area contributed by atoms with Crippen LogP contribution in [0.3, 0.4) is 0 Å². The van der Waals surface area contributed by atoms with Crippen molar-refractivity contribution in [1.82, 2.24) is 4.81 Å². The first-order valence-electron chi connectivity index (χ1n) is 5.07. The molecule has 68 valence electrons. The molecular weight excluding hydrogens is 149 g/mol. The third kappa shape index (κ3) is 1.19. The van der Waals surface area contributed by atoms with E-state index >= 15 is 0 Å².